The maximum Gasteiger partial charge on any atom is 0.262 e. The number of hydrogen-bond acceptors (Lipinski definition) is 6. The van der Waals surface area contributed by atoms with Crippen LogP contribution in [0.25, 0.3) is 11.4 Å². The first-order valence-corrected chi connectivity index (χ1v) is 11.3. The van der Waals surface area contributed by atoms with Crippen LogP contribution in [0.5, 0.6) is 11.5 Å². The third-order valence-corrected chi connectivity index (χ3v) is 6.53. The van der Waals surface area contributed by atoms with E-state index < -0.39 is 10.0 Å². The van der Waals surface area contributed by atoms with Crippen molar-refractivity contribution in [3.8, 4) is 22.9 Å². The molecule has 0 bridgehead atoms. The third kappa shape index (κ3) is 3.97. The molecule has 0 amide bonds. The summed E-state index contributed by atoms with van der Waals surface area (Å²) in [7, 11) is -0.842. The number of benzene rings is 2. The smallest absolute Gasteiger partial charge is 0.262 e. The molecule has 0 unspecified atom stereocenters. The summed E-state index contributed by atoms with van der Waals surface area (Å²) in [5, 5.41) is 8.68. The van der Waals surface area contributed by atoms with Gasteiger partial charge in [0.2, 0.25) is 0 Å². The molecule has 1 aromatic heterocycles. The van der Waals surface area contributed by atoms with Gasteiger partial charge in [0.25, 0.3) is 10.0 Å². The van der Waals surface area contributed by atoms with Crippen LogP contribution in [0, 0.1) is 0 Å². The lowest BCUT2D eigenvalue weighted by Gasteiger charge is -2.12. The SMILES string of the molecule is COc1ccc(S(=O)(=O)Nc2cccc(-c3nnc4n3CCCCC4)c2)cc1OC. The summed E-state index contributed by atoms with van der Waals surface area (Å²) in [5.41, 5.74) is 1.27. The van der Waals surface area contributed by atoms with Crippen molar-refractivity contribution in [2.24, 2.45) is 0 Å². The van der Waals surface area contributed by atoms with E-state index in [1.807, 2.05) is 6.07 Å². The predicted octanol–water partition coefficient (Wildman–Crippen LogP) is 3.49. The van der Waals surface area contributed by atoms with E-state index in [0.717, 1.165) is 43.0 Å². The number of aryl methyl sites for hydroxylation is 1. The second-order valence-electron chi connectivity index (χ2n) is 7.11. The Hall–Kier alpha value is -3.07. The lowest BCUT2D eigenvalue weighted by molar-refractivity contribution is 0.354. The Morgan fingerprint density at radius 3 is 2.60 bits per heavy atom. The minimum atomic E-state index is -3.81. The zero-order chi connectivity index (χ0) is 21.1. The van der Waals surface area contributed by atoms with Crippen molar-refractivity contribution >= 4 is 15.7 Å². The molecule has 0 aliphatic carbocycles. The zero-order valence-electron chi connectivity index (χ0n) is 17.0. The summed E-state index contributed by atoms with van der Waals surface area (Å²) in [6, 6.07) is 11.7. The molecule has 0 saturated heterocycles. The molecule has 0 atom stereocenters. The normalized spacial score (nSPS) is 13.9. The second-order valence-corrected chi connectivity index (χ2v) is 8.79. The molecular weight excluding hydrogens is 404 g/mol. The van der Waals surface area contributed by atoms with Gasteiger partial charge in [0, 0.05) is 30.3 Å². The Kier molecular flexibility index (Phi) is 5.63. The fraction of sp³-hybridized carbons (Fsp3) is 0.333. The summed E-state index contributed by atoms with van der Waals surface area (Å²) in [4.78, 5) is 0.0851. The molecule has 4 rings (SSSR count). The molecule has 2 aromatic carbocycles. The Morgan fingerprint density at radius 1 is 0.967 bits per heavy atom. The minimum Gasteiger partial charge on any atom is -0.493 e. The highest BCUT2D eigenvalue weighted by molar-refractivity contribution is 7.92. The van der Waals surface area contributed by atoms with Crippen molar-refractivity contribution in [2.45, 2.75) is 37.1 Å². The standard InChI is InChI=1S/C21H24N4O4S/c1-28-18-11-10-17(14-19(18)29-2)30(26,27)24-16-8-6-7-15(13-16)21-23-22-20-9-4-3-5-12-25(20)21/h6-8,10-11,13-14,24H,3-5,9,12H2,1-2H3. The molecule has 0 radical (unpaired) electrons. The first kappa shape index (κ1) is 20.2. The van der Waals surface area contributed by atoms with Crippen molar-refractivity contribution in [3.05, 3.63) is 48.3 Å². The van der Waals surface area contributed by atoms with Gasteiger partial charge in [-0.3, -0.25) is 4.72 Å². The molecule has 30 heavy (non-hydrogen) atoms. The average Bonchev–Trinajstić information content (AvgIpc) is 3.01. The summed E-state index contributed by atoms with van der Waals surface area (Å²) >= 11 is 0. The number of aromatic nitrogens is 3. The van der Waals surface area contributed by atoms with Gasteiger partial charge in [-0.15, -0.1) is 10.2 Å². The van der Waals surface area contributed by atoms with E-state index in [2.05, 4.69) is 19.5 Å². The summed E-state index contributed by atoms with van der Waals surface area (Å²) in [6.45, 7) is 0.874. The molecule has 158 valence electrons. The van der Waals surface area contributed by atoms with E-state index in [-0.39, 0.29) is 4.90 Å². The van der Waals surface area contributed by atoms with Crippen molar-refractivity contribution in [2.75, 3.05) is 18.9 Å². The summed E-state index contributed by atoms with van der Waals surface area (Å²) < 4.78 is 41.0. The zero-order valence-corrected chi connectivity index (χ0v) is 17.8. The van der Waals surface area contributed by atoms with Gasteiger partial charge in [0.15, 0.2) is 17.3 Å². The summed E-state index contributed by atoms with van der Waals surface area (Å²) in [5.74, 6) is 2.56. The monoisotopic (exact) mass is 428 g/mol. The van der Waals surface area contributed by atoms with E-state index >= 15 is 0 Å². The van der Waals surface area contributed by atoms with Crippen molar-refractivity contribution in [3.63, 3.8) is 0 Å². The van der Waals surface area contributed by atoms with Crippen molar-refractivity contribution in [1.29, 1.82) is 0 Å². The molecule has 1 N–H and O–H groups in total. The number of hydrogen-bond donors (Lipinski definition) is 1. The first-order chi connectivity index (χ1) is 14.5. The lowest BCUT2D eigenvalue weighted by atomic mass is 10.2. The van der Waals surface area contributed by atoms with E-state index in [0.29, 0.717) is 17.2 Å². The number of rotatable bonds is 6. The maximum atomic E-state index is 12.9. The van der Waals surface area contributed by atoms with E-state index in [9.17, 15) is 8.42 Å². The van der Waals surface area contributed by atoms with Crippen LogP contribution in [0.4, 0.5) is 5.69 Å². The van der Waals surface area contributed by atoms with Gasteiger partial charge >= 0.3 is 0 Å². The minimum absolute atomic E-state index is 0.0851. The number of methoxy groups -OCH3 is 2. The van der Waals surface area contributed by atoms with Crippen LogP contribution < -0.4 is 14.2 Å². The summed E-state index contributed by atoms with van der Waals surface area (Å²) in [6.07, 6.45) is 4.29. The van der Waals surface area contributed by atoms with Crippen LogP contribution in [-0.4, -0.2) is 37.4 Å². The number of ether oxygens (including phenoxy) is 2. The van der Waals surface area contributed by atoms with Gasteiger partial charge < -0.3 is 14.0 Å². The van der Waals surface area contributed by atoms with E-state index in [4.69, 9.17) is 9.47 Å². The van der Waals surface area contributed by atoms with Crippen LogP contribution in [0.15, 0.2) is 47.4 Å². The molecular formula is C21H24N4O4S. The van der Waals surface area contributed by atoms with Crippen molar-refractivity contribution < 1.29 is 17.9 Å². The molecule has 1 aliphatic heterocycles. The molecule has 8 nitrogen and oxygen atoms in total. The molecule has 2 heterocycles. The maximum absolute atomic E-state index is 12.9. The Balaban J connectivity index is 1.63. The van der Waals surface area contributed by atoms with Gasteiger partial charge in [0.1, 0.15) is 5.82 Å². The fourth-order valence-corrected chi connectivity index (χ4v) is 4.68. The quantitative estimate of drug-likeness (QED) is 0.646. The molecule has 0 saturated carbocycles. The lowest BCUT2D eigenvalue weighted by Crippen LogP contribution is -2.13. The number of sulfonamides is 1. The Morgan fingerprint density at radius 2 is 1.80 bits per heavy atom. The highest BCUT2D eigenvalue weighted by Gasteiger charge is 2.19. The van der Waals surface area contributed by atoms with Gasteiger partial charge in [0.05, 0.1) is 19.1 Å². The number of nitrogens with zero attached hydrogens (tertiary/aromatic N) is 3. The Labute approximate surface area is 175 Å². The van der Waals surface area contributed by atoms with Crippen molar-refractivity contribution in [1.82, 2.24) is 14.8 Å². The first-order valence-electron chi connectivity index (χ1n) is 9.79. The topological polar surface area (TPSA) is 95.3 Å². The largest absolute Gasteiger partial charge is 0.493 e. The Bertz CT molecular complexity index is 1160. The molecule has 1 aliphatic rings. The fourth-order valence-electron chi connectivity index (χ4n) is 3.62. The highest BCUT2D eigenvalue weighted by Crippen LogP contribution is 2.31. The number of nitrogens with one attached hydrogen (secondary N) is 1. The van der Waals surface area contributed by atoms with Crippen LogP contribution in [0.3, 0.4) is 0 Å². The average molecular weight is 429 g/mol. The van der Waals surface area contributed by atoms with E-state index in [1.54, 1.807) is 24.3 Å². The number of fused-ring (bicyclic) bond motifs is 1. The number of anilines is 1. The molecule has 3 aromatic rings. The second kappa shape index (κ2) is 8.35. The molecule has 9 heteroatoms. The van der Waals surface area contributed by atoms with Crippen LogP contribution in [-0.2, 0) is 23.0 Å². The van der Waals surface area contributed by atoms with Crippen LogP contribution in [0.2, 0.25) is 0 Å². The third-order valence-electron chi connectivity index (χ3n) is 5.15. The molecule has 0 spiro atoms. The van der Waals surface area contributed by atoms with Gasteiger partial charge in [-0.1, -0.05) is 18.6 Å². The van der Waals surface area contributed by atoms with Gasteiger partial charge in [-0.2, -0.15) is 0 Å². The molecule has 0 fully saturated rings. The highest BCUT2D eigenvalue weighted by atomic mass is 32.2. The van der Waals surface area contributed by atoms with E-state index in [1.165, 1.54) is 32.8 Å². The van der Waals surface area contributed by atoms with Gasteiger partial charge in [-0.05, 0) is 37.1 Å². The van der Waals surface area contributed by atoms with Crippen LogP contribution in [0.1, 0.15) is 25.1 Å². The predicted molar refractivity (Wildman–Crippen MR) is 113 cm³/mol. The van der Waals surface area contributed by atoms with Gasteiger partial charge in [-0.25, -0.2) is 8.42 Å². The van der Waals surface area contributed by atoms with Crippen LogP contribution >= 0.6 is 0 Å².